The Kier molecular flexibility index (Phi) is 8.85. The normalized spacial score (nSPS) is 14.6. The first-order chi connectivity index (χ1) is 20.7. The molecule has 0 saturated carbocycles. The zero-order chi connectivity index (χ0) is 30.4. The molecule has 2 aromatic carbocycles. The molecule has 222 valence electrons. The highest BCUT2D eigenvalue weighted by atomic mass is 16.6. The van der Waals surface area contributed by atoms with Crippen LogP contribution in [0.3, 0.4) is 0 Å². The summed E-state index contributed by atoms with van der Waals surface area (Å²) < 4.78 is 11.7. The van der Waals surface area contributed by atoms with Gasteiger partial charge in [-0.15, -0.1) is 0 Å². The van der Waals surface area contributed by atoms with Crippen LogP contribution in [-0.4, -0.2) is 71.0 Å². The van der Waals surface area contributed by atoms with Gasteiger partial charge in [0.05, 0.1) is 5.52 Å². The summed E-state index contributed by atoms with van der Waals surface area (Å²) in [4.78, 5) is 34.4. The average molecular weight is 580 g/mol. The predicted octanol–water partition coefficient (Wildman–Crippen LogP) is 5.19. The van der Waals surface area contributed by atoms with Gasteiger partial charge >= 0.3 is 6.09 Å². The molecule has 0 unspecified atom stereocenters. The highest BCUT2D eigenvalue weighted by molar-refractivity contribution is 6.18. The number of aliphatic imine (C=N–C) groups is 1. The monoisotopic (exact) mass is 579 g/mol. The maximum atomic E-state index is 12.6. The Morgan fingerprint density at radius 3 is 2.33 bits per heavy atom. The largest absolute Gasteiger partial charge is 0.486 e. The molecule has 1 saturated heterocycles. The smallest absolute Gasteiger partial charge is 0.410 e. The van der Waals surface area contributed by atoms with Crippen molar-refractivity contribution in [3.05, 3.63) is 90.0 Å². The molecular weight excluding hydrogens is 542 g/mol. The van der Waals surface area contributed by atoms with Crippen molar-refractivity contribution in [1.29, 1.82) is 0 Å². The molecule has 1 aliphatic heterocycles. The van der Waals surface area contributed by atoms with Crippen LogP contribution >= 0.6 is 0 Å². The SMILES string of the molecule is CN=C/C(=C(\N)c1ccc(OCc2nc(N3CCN(C(=O)OC(C)(C)C)CC3)c3ccccc3n2)cc1)c1ccncc1. The fraction of sp³-hybridized carbons (Fsp3) is 0.303. The summed E-state index contributed by atoms with van der Waals surface area (Å²) >= 11 is 0. The summed E-state index contributed by atoms with van der Waals surface area (Å²) in [6.07, 6.45) is 4.92. The molecule has 0 atom stereocenters. The molecule has 5 rings (SSSR count). The lowest BCUT2D eigenvalue weighted by atomic mass is 10.0. The third-order valence-corrected chi connectivity index (χ3v) is 6.93. The van der Waals surface area contributed by atoms with Crippen molar-refractivity contribution < 1.29 is 14.3 Å². The number of ether oxygens (including phenoxy) is 2. The predicted molar refractivity (Wildman–Crippen MR) is 170 cm³/mol. The van der Waals surface area contributed by atoms with Crippen LogP contribution in [0.5, 0.6) is 5.75 Å². The number of piperazine rings is 1. The third kappa shape index (κ3) is 7.27. The molecule has 1 amide bonds. The van der Waals surface area contributed by atoms with Crippen LogP contribution in [0.15, 0.2) is 78.0 Å². The standard InChI is InChI=1S/C33H37N7O3/c1-33(2,3)43-32(41)40-19-17-39(18-20-40)31-26-7-5-6-8-28(26)37-29(38-31)22-42-25-11-9-24(10-12-25)30(34)27(21-35-4)23-13-15-36-16-14-23/h5-16,21H,17-20,22,34H2,1-4H3/b30-27+,35-21?. The highest BCUT2D eigenvalue weighted by Gasteiger charge is 2.27. The van der Waals surface area contributed by atoms with Gasteiger partial charge in [-0.05, 0) is 80.4 Å². The Bertz CT molecular complexity index is 1620. The van der Waals surface area contributed by atoms with E-state index in [4.69, 9.17) is 25.2 Å². The molecule has 10 heteroatoms. The molecule has 3 heterocycles. The number of benzene rings is 2. The Balaban J connectivity index is 1.30. The molecule has 0 aliphatic carbocycles. The van der Waals surface area contributed by atoms with Crippen molar-refractivity contribution in [2.24, 2.45) is 10.7 Å². The van der Waals surface area contributed by atoms with Crippen molar-refractivity contribution in [3.63, 3.8) is 0 Å². The second-order valence-electron chi connectivity index (χ2n) is 11.2. The number of allylic oxidation sites excluding steroid dienone is 1. The van der Waals surface area contributed by atoms with E-state index in [-0.39, 0.29) is 12.7 Å². The zero-order valence-electron chi connectivity index (χ0n) is 25.0. The second kappa shape index (κ2) is 12.9. The molecule has 0 bridgehead atoms. The molecule has 1 fully saturated rings. The minimum atomic E-state index is -0.525. The lowest BCUT2D eigenvalue weighted by molar-refractivity contribution is 0.0240. The number of carbonyl (C=O) groups excluding carboxylic acids is 1. The van der Waals surface area contributed by atoms with E-state index in [1.54, 1.807) is 30.6 Å². The maximum absolute atomic E-state index is 12.6. The van der Waals surface area contributed by atoms with E-state index >= 15 is 0 Å². The molecule has 43 heavy (non-hydrogen) atoms. The number of pyridine rings is 1. The van der Waals surface area contributed by atoms with Gasteiger partial charge < -0.3 is 25.0 Å². The summed E-state index contributed by atoms with van der Waals surface area (Å²) in [6, 6.07) is 19.4. The first kappa shape index (κ1) is 29.5. The highest BCUT2D eigenvalue weighted by Crippen LogP contribution is 2.27. The Hall–Kier alpha value is -4.99. The van der Waals surface area contributed by atoms with Gasteiger partial charge in [0.15, 0.2) is 5.82 Å². The van der Waals surface area contributed by atoms with Gasteiger partial charge in [0.2, 0.25) is 0 Å². The van der Waals surface area contributed by atoms with Gasteiger partial charge in [-0.25, -0.2) is 14.8 Å². The Morgan fingerprint density at radius 2 is 1.65 bits per heavy atom. The van der Waals surface area contributed by atoms with Crippen LogP contribution in [-0.2, 0) is 11.3 Å². The lowest BCUT2D eigenvalue weighted by Gasteiger charge is -2.36. The first-order valence-electron chi connectivity index (χ1n) is 14.3. The number of aromatic nitrogens is 3. The van der Waals surface area contributed by atoms with Crippen molar-refractivity contribution in [1.82, 2.24) is 19.9 Å². The van der Waals surface area contributed by atoms with Crippen molar-refractivity contribution in [3.8, 4) is 5.75 Å². The van der Waals surface area contributed by atoms with E-state index in [0.717, 1.165) is 33.4 Å². The number of carbonyl (C=O) groups is 1. The van der Waals surface area contributed by atoms with Crippen molar-refractivity contribution >= 4 is 40.3 Å². The van der Waals surface area contributed by atoms with Crippen LogP contribution in [0.4, 0.5) is 10.6 Å². The van der Waals surface area contributed by atoms with Gasteiger partial charge in [0.1, 0.15) is 23.8 Å². The second-order valence-corrected chi connectivity index (χ2v) is 11.2. The van der Waals surface area contributed by atoms with Crippen LogP contribution in [0.25, 0.3) is 22.2 Å². The third-order valence-electron chi connectivity index (χ3n) is 6.93. The molecule has 4 aromatic rings. The van der Waals surface area contributed by atoms with E-state index in [2.05, 4.69) is 14.9 Å². The number of hydrogen-bond donors (Lipinski definition) is 1. The van der Waals surface area contributed by atoms with E-state index in [9.17, 15) is 4.79 Å². The van der Waals surface area contributed by atoms with Crippen LogP contribution < -0.4 is 15.4 Å². The Labute approximate surface area is 251 Å². The van der Waals surface area contributed by atoms with Crippen LogP contribution in [0.2, 0.25) is 0 Å². The van der Waals surface area contributed by atoms with E-state index in [1.807, 2.05) is 81.4 Å². The molecule has 2 N–H and O–H groups in total. The van der Waals surface area contributed by atoms with E-state index in [0.29, 0.717) is 43.4 Å². The number of rotatable bonds is 7. The summed E-state index contributed by atoms with van der Waals surface area (Å²) in [7, 11) is 1.72. The van der Waals surface area contributed by atoms with Crippen LogP contribution in [0.1, 0.15) is 37.7 Å². The minimum absolute atomic E-state index is 0.200. The molecule has 0 radical (unpaired) electrons. The van der Waals surface area contributed by atoms with Gasteiger partial charge in [-0.2, -0.15) is 0 Å². The molecule has 1 aliphatic rings. The first-order valence-corrected chi connectivity index (χ1v) is 14.3. The maximum Gasteiger partial charge on any atom is 0.410 e. The number of amides is 1. The number of nitrogens with two attached hydrogens (primary N) is 1. The summed E-state index contributed by atoms with van der Waals surface area (Å²) in [5.74, 6) is 2.09. The van der Waals surface area contributed by atoms with E-state index < -0.39 is 5.60 Å². The van der Waals surface area contributed by atoms with Gasteiger partial charge in [0, 0.05) is 68.5 Å². The summed E-state index contributed by atoms with van der Waals surface area (Å²) in [6.45, 7) is 8.21. The lowest BCUT2D eigenvalue weighted by Crippen LogP contribution is -2.50. The van der Waals surface area contributed by atoms with Crippen molar-refractivity contribution in [2.75, 3.05) is 38.1 Å². The molecule has 2 aromatic heterocycles. The topological polar surface area (TPSA) is 119 Å². The molecule has 0 spiro atoms. The minimum Gasteiger partial charge on any atom is -0.486 e. The average Bonchev–Trinajstić information content (AvgIpc) is 3.02. The summed E-state index contributed by atoms with van der Waals surface area (Å²) in [5, 5.41) is 0.962. The van der Waals surface area contributed by atoms with E-state index in [1.165, 1.54) is 0 Å². The molecular formula is C33H37N7O3. The van der Waals surface area contributed by atoms with Crippen LogP contribution in [0, 0.1) is 0 Å². The van der Waals surface area contributed by atoms with Gasteiger partial charge in [-0.1, -0.05) is 12.1 Å². The molecule has 10 nitrogen and oxygen atoms in total. The fourth-order valence-electron chi connectivity index (χ4n) is 4.83. The Morgan fingerprint density at radius 1 is 0.953 bits per heavy atom. The number of anilines is 1. The number of para-hydroxylation sites is 1. The van der Waals surface area contributed by atoms with Gasteiger partial charge in [-0.3, -0.25) is 9.98 Å². The van der Waals surface area contributed by atoms with Gasteiger partial charge in [0.25, 0.3) is 0 Å². The fourth-order valence-corrected chi connectivity index (χ4v) is 4.83. The zero-order valence-corrected chi connectivity index (χ0v) is 25.0. The quantitative estimate of drug-likeness (QED) is 0.297. The van der Waals surface area contributed by atoms with Crippen molar-refractivity contribution in [2.45, 2.75) is 33.0 Å². The summed E-state index contributed by atoms with van der Waals surface area (Å²) in [5.41, 5.74) is 10.1. The number of fused-ring (bicyclic) bond motifs is 1. The number of hydrogen-bond acceptors (Lipinski definition) is 9. The number of nitrogens with zero attached hydrogens (tertiary/aromatic N) is 6.